The van der Waals surface area contributed by atoms with E-state index in [4.69, 9.17) is 40.9 Å². The molecule has 0 aliphatic heterocycles. The quantitative estimate of drug-likeness (QED) is 0.188. The minimum atomic E-state index is -2.74. The third kappa shape index (κ3) is 24.2. The van der Waals surface area contributed by atoms with Gasteiger partial charge in [-0.15, -0.1) is 0 Å². The highest BCUT2D eigenvalue weighted by Gasteiger charge is 2.40. The van der Waals surface area contributed by atoms with Crippen molar-refractivity contribution < 1.29 is 74.4 Å². The van der Waals surface area contributed by atoms with Crippen LogP contribution in [0.1, 0.15) is 38.5 Å². The summed E-state index contributed by atoms with van der Waals surface area (Å²) in [5.74, 6) is -9.32. The van der Waals surface area contributed by atoms with Gasteiger partial charge in [0.05, 0.1) is 38.5 Å². The maximum absolute atomic E-state index is 10.3. The number of carbonyl (C=O) groups is 7. The Hall–Kier alpha value is -3.75. The number of hydrogen-bond acceptors (Lipinski definition) is 8. The molecule has 29 heavy (non-hydrogen) atoms. The number of aliphatic carboxylic acids is 7. The molecule has 15 nitrogen and oxygen atoms in total. The maximum atomic E-state index is 10.3. The second-order valence-corrected chi connectivity index (χ2v) is 5.05. The van der Waals surface area contributed by atoms with Crippen molar-refractivity contribution in [3.05, 3.63) is 0 Å². The van der Waals surface area contributed by atoms with Crippen LogP contribution in [0.5, 0.6) is 0 Å². The van der Waals surface area contributed by atoms with Gasteiger partial charge in [0.25, 0.3) is 0 Å². The normalized spacial score (nSPS) is 9.55. The highest BCUT2D eigenvalue weighted by Crippen LogP contribution is 2.15. The van der Waals surface area contributed by atoms with E-state index in [9.17, 15) is 33.6 Å². The zero-order valence-corrected chi connectivity index (χ0v) is 14.7. The molecule has 0 bridgehead atoms. The molecule has 0 aromatic carbocycles. The largest absolute Gasteiger partial charge is 0.481 e. The molecule has 0 amide bonds. The zero-order chi connectivity index (χ0) is 23.8. The Morgan fingerprint density at radius 1 is 0.448 bits per heavy atom. The van der Waals surface area contributed by atoms with Gasteiger partial charge in [-0.25, -0.2) is 4.79 Å². The van der Waals surface area contributed by atoms with Gasteiger partial charge in [0, 0.05) is 0 Å². The summed E-state index contributed by atoms with van der Waals surface area (Å²) in [6.45, 7) is 0. The number of rotatable bonds is 11. The number of aliphatic hydroxyl groups is 1. The standard InChI is InChI=1S/C6H8O7.2C4H6O4/c7-3(8)1-6(13,5(11)12)2-4(9)10;2*5-3(6)1-2-4(7)8/h13H,1-2H2,(H,7,8)(H,9,10)(H,11,12);2*1-2H2,(H,5,6)(H,7,8). The van der Waals surface area contributed by atoms with Gasteiger partial charge >= 0.3 is 41.8 Å². The molecule has 0 spiro atoms. The topological polar surface area (TPSA) is 281 Å². The lowest BCUT2D eigenvalue weighted by Gasteiger charge is -2.18. The number of carboxylic acids is 7. The molecule has 0 heterocycles. The monoisotopic (exact) mass is 428 g/mol. The van der Waals surface area contributed by atoms with E-state index in [-0.39, 0.29) is 25.7 Å². The molecule has 0 unspecified atom stereocenters. The van der Waals surface area contributed by atoms with Crippen LogP contribution >= 0.6 is 0 Å². The van der Waals surface area contributed by atoms with Crippen molar-refractivity contribution in [2.24, 2.45) is 0 Å². The van der Waals surface area contributed by atoms with E-state index in [1.807, 2.05) is 0 Å². The molecule has 0 saturated heterocycles. The van der Waals surface area contributed by atoms with Crippen molar-refractivity contribution in [1.29, 1.82) is 0 Å². The summed E-state index contributed by atoms with van der Waals surface area (Å²) in [7, 11) is 0. The van der Waals surface area contributed by atoms with Gasteiger partial charge in [0.15, 0.2) is 5.60 Å². The summed E-state index contributed by atoms with van der Waals surface area (Å²) in [5.41, 5.74) is -2.74. The van der Waals surface area contributed by atoms with Crippen LogP contribution in [0, 0.1) is 0 Å². The smallest absolute Gasteiger partial charge is 0.336 e. The minimum Gasteiger partial charge on any atom is -0.481 e. The number of carboxylic acid groups (broad SMARTS) is 7. The first-order valence-corrected chi connectivity index (χ1v) is 7.30. The molecule has 0 aliphatic carbocycles. The first kappa shape index (κ1) is 30.0. The Morgan fingerprint density at radius 3 is 0.759 bits per heavy atom. The van der Waals surface area contributed by atoms with Crippen LogP contribution in [-0.4, -0.2) is 88.2 Å². The van der Waals surface area contributed by atoms with Crippen LogP contribution in [0.15, 0.2) is 0 Å². The maximum Gasteiger partial charge on any atom is 0.336 e. The van der Waals surface area contributed by atoms with Gasteiger partial charge in [-0.1, -0.05) is 0 Å². The number of hydrogen-bond donors (Lipinski definition) is 8. The highest BCUT2D eigenvalue weighted by molar-refractivity contribution is 5.88. The fourth-order valence-corrected chi connectivity index (χ4v) is 1.14. The van der Waals surface area contributed by atoms with Crippen LogP contribution in [0.3, 0.4) is 0 Å². The minimum absolute atomic E-state index is 0.296. The fraction of sp³-hybridized carbons (Fsp3) is 0.500. The molecular formula is C14H20O15. The van der Waals surface area contributed by atoms with Crippen LogP contribution in [0.2, 0.25) is 0 Å². The summed E-state index contributed by atoms with van der Waals surface area (Å²) >= 11 is 0. The van der Waals surface area contributed by atoms with Crippen molar-refractivity contribution >= 4 is 41.8 Å². The molecule has 0 atom stereocenters. The van der Waals surface area contributed by atoms with Crippen LogP contribution in [-0.2, 0) is 33.6 Å². The van der Waals surface area contributed by atoms with E-state index in [1.165, 1.54) is 0 Å². The third-order valence-corrected chi connectivity index (χ3v) is 2.39. The lowest BCUT2D eigenvalue weighted by Crippen LogP contribution is -2.42. The van der Waals surface area contributed by atoms with Crippen LogP contribution in [0.4, 0.5) is 0 Å². The first-order valence-electron chi connectivity index (χ1n) is 7.30. The predicted molar refractivity (Wildman–Crippen MR) is 86.1 cm³/mol. The molecule has 0 fully saturated rings. The Kier molecular flexibility index (Phi) is 15.8. The molecule has 0 radical (unpaired) electrons. The van der Waals surface area contributed by atoms with Gasteiger partial charge in [-0.05, 0) is 0 Å². The summed E-state index contributed by atoms with van der Waals surface area (Å²) < 4.78 is 0. The van der Waals surface area contributed by atoms with Crippen molar-refractivity contribution in [3.8, 4) is 0 Å². The fourth-order valence-electron chi connectivity index (χ4n) is 1.14. The molecule has 0 rings (SSSR count). The van der Waals surface area contributed by atoms with E-state index < -0.39 is 60.2 Å². The molecule has 0 aliphatic rings. The van der Waals surface area contributed by atoms with Crippen molar-refractivity contribution in [1.82, 2.24) is 0 Å². The molecule has 0 aromatic rings. The van der Waals surface area contributed by atoms with Crippen molar-refractivity contribution in [3.63, 3.8) is 0 Å². The predicted octanol–water partition coefficient (Wildman–Crippen LogP) is -1.38. The van der Waals surface area contributed by atoms with Gasteiger partial charge in [0.1, 0.15) is 0 Å². The average molecular weight is 428 g/mol. The van der Waals surface area contributed by atoms with Crippen LogP contribution in [0.25, 0.3) is 0 Å². The summed E-state index contributed by atoms with van der Waals surface area (Å²) in [5, 5.41) is 65.4. The van der Waals surface area contributed by atoms with Crippen molar-refractivity contribution in [2.45, 2.75) is 44.1 Å². The lowest BCUT2D eigenvalue weighted by atomic mass is 9.96. The summed E-state index contributed by atoms with van der Waals surface area (Å²) in [6, 6.07) is 0. The second kappa shape index (κ2) is 15.3. The van der Waals surface area contributed by atoms with Crippen molar-refractivity contribution in [2.75, 3.05) is 0 Å². The lowest BCUT2D eigenvalue weighted by molar-refractivity contribution is -0.170. The Labute approximate surface area is 161 Å². The van der Waals surface area contributed by atoms with Gasteiger partial charge < -0.3 is 40.9 Å². The summed E-state index contributed by atoms with van der Waals surface area (Å²) in [6.07, 6.45) is -3.47. The molecule has 0 saturated carbocycles. The Bertz CT molecular complexity index is 549. The Morgan fingerprint density at radius 2 is 0.655 bits per heavy atom. The summed E-state index contributed by atoms with van der Waals surface area (Å²) in [4.78, 5) is 69.0. The van der Waals surface area contributed by atoms with Gasteiger partial charge in [-0.2, -0.15) is 0 Å². The third-order valence-electron chi connectivity index (χ3n) is 2.39. The molecular weight excluding hydrogens is 408 g/mol. The Balaban J connectivity index is -0.000000368. The highest BCUT2D eigenvalue weighted by atomic mass is 16.4. The van der Waals surface area contributed by atoms with E-state index >= 15 is 0 Å². The van der Waals surface area contributed by atoms with E-state index in [2.05, 4.69) is 0 Å². The first-order chi connectivity index (χ1) is 13.0. The average Bonchev–Trinajstić information content (AvgIpc) is 2.50. The second-order valence-electron chi connectivity index (χ2n) is 5.05. The van der Waals surface area contributed by atoms with Gasteiger partial charge in [0.2, 0.25) is 0 Å². The molecule has 166 valence electrons. The molecule has 0 aromatic heterocycles. The van der Waals surface area contributed by atoms with E-state index in [0.29, 0.717) is 0 Å². The van der Waals surface area contributed by atoms with E-state index in [1.54, 1.807) is 0 Å². The molecule has 8 N–H and O–H groups in total. The van der Waals surface area contributed by atoms with Crippen LogP contribution < -0.4 is 0 Å². The zero-order valence-electron chi connectivity index (χ0n) is 14.7. The van der Waals surface area contributed by atoms with Gasteiger partial charge in [-0.3, -0.25) is 28.8 Å². The molecule has 15 heteroatoms. The van der Waals surface area contributed by atoms with E-state index in [0.717, 1.165) is 0 Å². The SMILES string of the molecule is O=C(O)CC(O)(CC(=O)O)C(=O)O.O=C(O)CCC(=O)O.O=C(O)CCC(=O)O.